The van der Waals surface area contributed by atoms with E-state index in [9.17, 15) is 14.4 Å². The van der Waals surface area contributed by atoms with Crippen molar-refractivity contribution in [3.8, 4) is 0 Å². The summed E-state index contributed by atoms with van der Waals surface area (Å²) in [6.07, 6.45) is 0.621. The Balaban J connectivity index is 2.02. The van der Waals surface area contributed by atoms with Gasteiger partial charge in [0, 0.05) is 24.2 Å². The van der Waals surface area contributed by atoms with E-state index in [0.717, 1.165) is 0 Å². The van der Waals surface area contributed by atoms with Crippen molar-refractivity contribution in [2.24, 2.45) is 11.7 Å². The molecule has 1 saturated heterocycles. The summed E-state index contributed by atoms with van der Waals surface area (Å²) in [6, 6.07) is 3.11. The molecule has 1 aromatic carbocycles. The largest absolute Gasteiger partial charge is 0.351 e. The van der Waals surface area contributed by atoms with E-state index in [2.05, 4.69) is 10.6 Å². The van der Waals surface area contributed by atoms with E-state index in [1.54, 1.807) is 6.07 Å². The summed E-state index contributed by atoms with van der Waals surface area (Å²) < 4.78 is 0. The molecule has 1 aliphatic rings. The lowest BCUT2D eigenvalue weighted by molar-refractivity contribution is -0.124. The van der Waals surface area contributed by atoms with Gasteiger partial charge in [-0.25, -0.2) is 4.79 Å². The minimum Gasteiger partial charge on any atom is -0.351 e. The fourth-order valence-corrected chi connectivity index (χ4v) is 3.29. The average Bonchev–Trinajstić information content (AvgIpc) is 3.00. The van der Waals surface area contributed by atoms with Crippen molar-refractivity contribution in [3.05, 3.63) is 33.8 Å². The molecule has 0 radical (unpaired) electrons. The molecule has 2 atom stereocenters. The van der Waals surface area contributed by atoms with Crippen LogP contribution in [0.5, 0.6) is 0 Å². The highest BCUT2D eigenvalue weighted by Gasteiger charge is 2.30. The van der Waals surface area contributed by atoms with Gasteiger partial charge in [0.1, 0.15) is 6.04 Å². The number of halogens is 2. The lowest BCUT2D eigenvalue weighted by Crippen LogP contribution is -2.52. The standard InChI is InChI=1S/C17H22Cl2N4O3/c1-9(2)14(16(25)21-11-5-6-23(8-11)17(20)26)22-15(24)12-4-3-10(18)7-13(12)19/h3-4,7,9,11,14H,5-6,8H2,1-2H3,(H2,20,26)(H,21,25)(H,22,24). The van der Waals surface area contributed by atoms with Crippen molar-refractivity contribution >= 4 is 41.0 Å². The summed E-state index contributed by atoms with van der Waals surface area (Å²) in [5.74, 6) is -0.904. The van der Waals surface area contributed by atoms with Crippen LogP contribution in [-0.2, 0) is 4.79 Å². The first-order valence-electron chi connectivity index (χ1n) is 8.29. The van der Waals surface area contributed by atoms with Crippen LogP contribution in [0.2, 0.25) is 10.0 Å². The van der Waals surface area contributed by atoms with E-state index >= 15 is 0 Å². The van der Waals surface area contributed by atoms with Crippen molar-refractivity contribution < 1.29 is 14.4 Å². The van der Waals surface area contributed by atoms with Gasteiger partial charge in [0.25, 0.3) is 5.91 Å². The van der Waals surface area contributed by atoms with Gasteiger partial charge in [-0.1, -0.05) is 37.0 Å². The highest BCUT2D eigenvalue weighted by Crippen LogP contribution is 2.21. The van der Waals surface area contributed by atoms with Gasteiger partial charge in [-0.2, -0.15) is 0 Å². The van der Waals surface area contributed by atoms with Crippen molar-refractivity contribution in [1.29, 1.82) is 0 Å². The second kappa shape index (κ2) is 8.60. The Hall–Kier alpha value is -1.99. The number of amides is 4. The molecule has 0 aliphatic carbocycles. The summed E-state index contributed by atoms with van der Waals surface area (Å²) >= 11 is 11.9. The number of hydrogen-bond donors (Lipinski definition) is 3. The third kappa shape index (κ3) is 5.02. The molecule has 1 fully saturated rings. The molecule has 7 nitrogen and oxygen atoms in total. The average molecular weight is 401 g/mol. The van der Waals surface area contributed by atoms with Crippen LogP contribution in [0, 0.1) is 5.92 Å². The molecule has 26 heavy (non-hydrogen) atoms. The van der Waals surface area contributed by atoms with Gasteiger partial charge in [-0.05, 0) is 30.5 Å². The molecule has 9 heteroatoms. The number of primary amides is 1. The molecule has 142 valence electrons. The minimum atomic E-state index is -0.739. The quantitative estimate of drug-likeness (QED) is 0.703. The van der Waals surface area contributed by atoms with Gasteiger partial charge in [-0.15, -0.1) is 0 Å². The summed E-state index contributed by atoms with van der Waals surface area (Å²) in [5.41, 5.74) is 5.49. The zero-order valence-electron chi connectivity index (χ0n) is 14.6. The first-order chi connectivity index (χ1) is 12.2. The van der Waals surface area contributed by atoms with Gasteiger partial charge in [0.05, 0.1) is 10.6 Å². The number of benzene rings is 1. The molecule has 0 spiro atoms. The molecule has 1 heterocycles. The number of hydrogen-bond acceptors (Lipinski definition) is 3. The molecule has 4 N–H and O–H groups in total. The van der Waals surface area contributed by atoms with Crippen LogP contribution in [0.25, 0.3) is 0 Å². The van der Waals surface area contributed by atoms with Crippen LogP contribution in [0.3, 0.4) is 0 Å². The maximum atomic E-state index is 12.6. The molecular formula is C17H22Cl2N4O3. The van der Waals surface area contributed by atoms with Gasteiger partial charge < -0.3 is 21.3 Å². The van der Waals surface area contributed by atoms with E-state index < -0.39 is 18.0 Å². The van der Waals surface area contributed by atoms with Crippen LogP contribution in [0.15, 0.2) is 18.2 Å². The van der Waals surface area contributed by atoms with Crippen molar-refractivity contribution in [2.45, 2.75) is 32.4 Å². The maximum absolute atomic E-state index is 12.6. The summed E-state index contributed by atoms with van der Waals surface area (Å²) in [6.45, 7) is 4.53. The topological polar surface area (TPSA) is 105 Å². The van der Waals surface area contributed by atoms with E-state index in [1.807, 2.05) is 13.8 Å². The Morgan fingerprint density at radius 3 is 2.50 bits per heavy atom. The Labute approximate surface area is 162 Å². The van der Waals surface area contributed by atoms with Crippen LogP contribution >= 0.6 is 23.2 Å². The smallest absolute Gasteiger partial charge is 0.314 e. The van der Waals surface area contributed by atoms with Gasteiger partial charge >= 0.3 is 6.03 Å². The van der Waals surface area contributed by atoms with E-state index in [1.165, 1.54) is 17.0 Å². The fourth-order valence-electron chi connectivity index (χ4n) is 2.80. The Bertz CT molecular complexity index is 711. The molecule has 0 bridgehead atoms. The number of nitrogens with zero attached hydrogens (tertiary/aromatic N) is 1. The van der Waals surface area contributed by atoms with E-state index in [-0.39, 0.29) is 28.5 Å². The maximum Gasteiger partial charge on any atom is 0.314 e. The van der Waals surface area contributed by atoms with Crippen LogP contribution in [-0.4, -0.2) is 47.9 Å². The molecule has 0 saturated carbocycles. The third-order valence-electron chi connectivity index (χ3n) is 4.26. The number of likely N-dealkylation sites (tertiary alicyclic amines) is 1. The third-order valence-corrected chi connectivity index (χ3v) is 4.81. The van der Waals surface area contributed by atoms with Crippen LogP contribution in [0.1, 0.15) is 30.6 Å². The Morgan fingerprint density at radius 1 is 1.27 bits per heavy atom. The Kier molecular flexibility index (Phi) is 6.72. The summed E-state index contributed by atoms with van der Waals surface area (Å²) in [5, 5.41) is 6.22. The SMILES string of the molecule is CC(C)C(NC(=O)c1ccc(Cl)cc1Cl)C(=O)NC1CCN(C(N)=O)C1. The lowest BCUT2D eigenvalue weighted by atomic mass is 10.0. The zero-order valence-corrected chi connectivity index (χ0v) is 16.1. The van der Waals surface area contributed by atoms with Crippen LogP contribution in [0.4, 0.5) is 4.79 Å². The summed E-state index contributed by atoms with van der Waals surface area (Å²) in [4.78, 5) is 37.8. The highest BCUT2D eigenvalue weighted by molar-refractivity contribution is 6.36. The number of nitrogens with two attached hydrogens (primary N) is 1. The van der Waals surface area contributed by atoms with E-state index in [0.29, 0.717) is 24.5 Å². The van der Waals surface area contributed by atoms with Crippen molar-refractivity contribution in [1.82, 2.24) is 15.5 Å². The molecule has 1 aliphatic heterocycles. The number of urea groups is 1. The highest BCUT2D eigenvalue weighted by atomic mass is 35.5. The first kappa shape index (κ1) is 20.3. The molecule has 2 unspecified atom stereocenters. The number of carbonyl (C=O) groups is 3. The Morgan fingerprint density at radius 2 is 1.96 bits per heavy atom. The second-order valence-corrected chi connectivity index (χ2v) is 7.44. The normalized spacial score (nSPS) is 17.9. The number of rotatable bonds is 5. The fraction of sp³-hybridized carbons (Fsp3) is 0.471. The van der Waals surface area contributed by atoms with Crippen LogP contribution < -0.4 is 16.4 Å². The first-order valence-corrected chi connectivity index (χ1v) is 9.05. The van der Waals surface area contributed by atoms with E-state index in [4.69, 9.17) is 28.9 Å². The molecule has 0 aromatic heterocycles. The predicted octanol–water partition coefficient (Wildman–Crippen LogP) is 2.02. The van der Waals surface area contributed by atoms with Gasteiger partial charge in [0.2, 0.25) is 5.91 Å². The minimum absolute atomic E-state index is 0.140. The second-order valence-electron chi connectivity index (χ2n) is 6.60. The molecule has 2 rings (SSSR count). The van der Waals surface area contributed by atoms with Gasteiger partial charge in [-0.3, -0.25) is 9.59 Å². The lowest BCUT2D eigenvalue weighted by Gasteiger charge is -2.24. The van der Waals surface area contributed by atoms with Crippen molar-refractivity contribution in [3.63, 3.8) is 0 Å². The summed E-state index contributed by atoms with van der Waals surface area (Å²) in [7, 11) is 0. The molecular weight excluding hydrogens is 379 g/mol. The van der Waals surface area contributed by atoms with Crippen molar-refractivity contribution in [2.75, 3.05) is 13.1 Å². The van der Waals surface area contributed by atoms with Gasteiger partial charge in [0.15, 0.2) is 0 Å². The molecule has 1 aromatic rings. The monoisotopic (exact) mass is 400 g/mol. The number of carbonyl (C=O) groups excluding carboxylic acids is 3. The predicted molar refractivity (Wildman–Crippen MR) is 100 cm³/mol. The number of nitrogens with one attached hydrogen (secondary N) is 2. The zero-order chi connectivity index (χ0) is 19.4. The molecule has 4 amide bonds.